The van der Waals surface area contributed by atoms with E-state index in [2.05, 4.69) is 15.6 Å². The average molecular weight is 452 g/mol. The Morgan fingerprint density at radius 3 is 2.56 bits per heavy atom. The predicted molar refractivity (Wildman–Crippen MR) is 121 cm³/mol. The Kier molecular flexibility index (Phi) is 6.24. The summed E-state index contributed by atoms with van der Waals surface area (Å²) in [5.41, 5.74) is 2.22. The molecule has 1 heterocycles. The molecule has 0 bridgehead atoms. The Morgan fingerprint density at radius 1 is 1.09 bits per heavy atom. The summed E-state index contributed by atoms with van der Waals surface area (Å²) < 4.78 is 14.0. The maximum atomic E-state index is 14.0. The number of benzene rings is 2. The van der Waals surface area contributed by atoms with Crippen LogP contribution in [0, 0.1) is 12.7 Å². The van der Waals surface area contributed by atoms with Crippen molar-refractivity contribution in [1.82, 2.24) is 15.6 Å². The van der Waals surface area contributed by atoms with Crippen LogP contribution < -0.4 is 10.6 Å². The molecule has 7 heteroatoms. The topological polar surface area (TPSA) is 71.1 Å². The zero-order valence-electron chi connectivity index (χ0n) is 17.6. The van der Waals surface area contributed by atoms with Gasteiger partial charge in [-0.25, -0.2) is 9.37 Å². The highest BCUT2D eigenvalue weighted by molar-refractivity contribution is 6.29. The van der Waals surface area contributed by atoms with E-state index in [0.717, 1.165) is 17.3 Å². The van der Waals surface area contributed by atoms with Crippen molar-refractivity contribution in [1.29, 1.82) is 0 Å². The van der Waals surface area contributed by atoms with Gasteiger partial charge < -0.3 is 10.6 Å². The van der Waals surface area contributed by atoms with Crippen LogP contribution in [-0.2, 0) is 5.41 Å². The quantitative estimate of drug-likeness (QED) is 0.544. The van der Waals surface area contributed by atoms with Crippen LogP contribution in [0.5, 0.6) is 0 Å². The lowest BCUT2D eigenvalue weighted by Crippen LogP contribution is -2.57. The molecule has 2 N–H and O–H groups in total. The SMILES string of the molecule is Cc1cccc(C(=O)NC2CC(CNC(=O)c3cc(Cl)ncc3F)(c3ccccc3)C2)c1. The van der Waals surface area contributed by atoms with E-state index in [9.17, 15) is 14.0 Å². The maximum absolute atomic E-state index is 14.0. The summed E-state index contributed by atoms with van der Waals surface area (Å²) in [6, 6.07) is 18.5. The standard InChI is InChI=1S/C25H23ClFN3O2/c1-16-6-5-7-17(10-16)23(31)30-19-12-25(13-19,18-8-3-2-4-9-18)15-29-24(32)20-11-22(26)28-14-21(20)27/h2-11,14,19H,12-13,15H2,1H3,(H,29,32)(H,30,31). The number of aromatic nitrogens is 1. The molecule has 3 aromatic rings. The largest absolute Gasteiger partial charge is 0.351 e. The third kappa shape index (κ3) is 4.65. The van der Waals surface area contributed by atoms with Gasteiger partial charge >= 0.3 is 0 Å². The zero-order valence-corrected chi connectivity index (χ0v) is 18.3. The van der Waals surface area contributed by atoms with Crippen LogP contribution >= 0.6 is 11.6 Å². The molecule has 5 nitrogen and oxygen atoms in total. The summed E-state index contributed by atoms with van der Waals surface area (Å²) in [6.45, 7) is 2.26. The van der Waals surface area contributed by atoms with Gasteiger partial charge in [-0.2, -0.15) is 0 Å². The minimum absolute atomic E-state index is 0.0211. The van der Waals surface area contributed by atoms with Crippen molar-refractivity contribution in [2.24, 2.45) is 0 Å². The smallest absolute Gasteiger partial charge is 0.254 e. The Balaban J connectivity index is 1.46. The van der Waals surface area contributed by atoms with Crippen molar-refractivity contribution in [2.45, 2.75) is 31.2 Å². The van der Waals surface area contributed by atoms with Crippen LogP contribution in [-0.4, -0.2) is 29.4 Å². The predicted octanol–water partition coefficient (Wildman–Crippen LogP) is 4.44. The van der Waals surface area contributed by atoms with Crippen molar-refractivity contribution < 1.29 is 14.0 Å². The van der Waals surface area contributed by atoms with Gasteiger partial charge in [0.05, 0.1) is 11.8 Å². The second-order valence-electron chi connectivity index (χ2n) is 8.26. The van der Waals surface area contributed by atoms with Crippen molar-refractivity contribution in [3.63, 3.8) is 0 Å². The van der Waals surface area contributed by atoms with Crippen LogP contribution in [0.15, 0.2) is 66.9 Å². The number of hydrogen-bond acceptors (Lipinski definition) is 3. The van der Waals surface area contributed by atoms with E-state index in [4.69, 9.17) is 11.6 Å². The molecular formula is C25H23ClFN3O2. The number of pyridine rings is 1. The van der Waals surface area contributed by atoms with Crippen LogP contribution in [0.4, 0.5) is 4.39 Å². The summed E-state index contributed by atoms with van der Waals surface area (Å²) in [5.74, 6) is -1.38. The van der Waals surface area contributed by atoms with Gasteiger partial charge in [0.1, 0.15) is 5.15 Å². The van der Waals surface area contributed by atoms with Gasteiger partial charge in [-0.15, -0.1) is 0 Å². The Hall–Kier alpha value is -3.25. The number of hydrogen-bond donors (Lipinski definition) is 2. The van der Waals surface area contributed by atoms with E-state index >= 15 is 0 Å². The first-order chi connectivity index (χ1) is 15.4. The fourth-order valence-electron chi connectivity index (χ4n) is 4.25. The third-order valence-corrected chi connectivity index (χ3v) is 6.14. The molecule has 2 amide bonds. The Morgan fingerprint density at radius 2 is 1.84 bits per heavy atom. The summed E-state index contributed by atoms with van der Waals surface area (Å²) in [7, 11) is 0. The molecule has 1 aromatic heterocycles. The summed E-state index contributed by atoms with van der Waals surface area (Å²) >= 11 is 5.82. The third-order valence-electron chi connectivity index (χ3n) is 5.93. The van der Waals surface area contributed by atoms with E-state index in [-0.39, 0.29) is 28.1 Å². The van der Waals surface area contributed by atoms with Gasteiger partial charge in [-0.3, -0.25) is 9.59 Å². The van der Waals surface area contributed by atoms with E-state index in [1.54, 1.807) is 6.07 Å². The Bertz CT molecular complexity index is 1150. The van der Waals surface area contributed by atoms with Crippen LogP contribution in [0.2, 0.25) is 5.15 Å². The van der Waals surface area contributed by atoms with Crippen LogP contribution in [0.3, 0.4) is 0 Å². The van der Waals surface area contributed by atoms with E-state index < -0.39 is 11.7 Å². The highest BCUT2D eigenvalue weighted by atomic mass is 35.5. The van der Waals surface area contributed by atoms with Gasteiger partial charge in [0.15, 0.2) is 5.82 Å². The van der Waals surface area contributed by atoms with Crippen molar-refractivity contribution in [3.05, 3.63) is 100 Å². The number of carbonyl (C=O) groups excluding carboxylic acids is 2. The van der Waals surface area contributed by atoms with Gasteiger partial charge in [0.2, 0.25) is 0 Å². The fraction of sp³-hybridized carbons (Fsp3) is 0.240. The van der Waals surface area contributed by atoms with Crippen molar-refractivity contribution in [2.75, 3.05) is 6.54 Å². The maximum Gasteiger partial charge on any atom is 0.254 e. The molecule has 32 heavy (non-hydrogen) atoms. The van der Waals surface area contributed by atoms with Gasteiger partial charge in [0.25, 0.3) is 11.8 Å². The average Bonchev–Trinajstić information content (AvgIpc) is 2.77. The molecule has 1 aliphatic carbocycles. The van der Waals surface area contributed by atoms with Gasteiger partial charge in [0, 0.05) is 23.6 Å². The molecule has 164 valence electrons. The summed E-state index contributed by atoms with van der Waals surface area (Å²) in [4.78, 5) is 28.9. The lowest BCUT2D eigenvalue weighted by atomic mass is 9.61. The van der Waals surface area contributed by atoms with E-state index in [1.165, 1.54) is 6.07 Å². The summed E-state index contributed by atoms with van der Waals surface area (Å²) in [6.07, 6.45) is 2.26. The molecule has 1 saturated carbocycles. The van der Waals surface area contributed by atoms with Crippen molar-refractivity contribution in [3.8, 4) is 0 Å². The first kappa shape index (κ1) is 22.0. The normalized spacial score (nSPS) is 19.7. The minimum atomic E-state index is -0.724. The molecule has 0 atom stereocenters. The van der Waals surface area contributed by atoms with E-state index in [0.29, 0.717) is 24.9 Å². The zero-order chi connectivity index (χ0) is 22.7. The number of nitrogens with zero attached hydrogens (tertiary/aromatic N) is 1. The molecule has 1 fully saturated rings. The molecule has 4 rings (SSSR count). The molecule has 0 radical (unpaired) electrons. The fourth-order valence-corrected chi connectivity index (χ4v) is 4.40. The van der Waals surface area contributed by atoms with Crippen LogP contribution in [0.1, 0.15) is 44.7 Å². The van der Waals surface area contributed by atoms with E-state index in [1.807, 2.05) is 55.5 Å². The first-order valence-corrected chi connectivity index (χ1v) is 10.8. The Labute approximate surface area is 191 Å². The van der Waals surface area contributed by atoms with Crippen molar-refractivity contribution >= 4 is 23.4 Å². The molecule has 0 unspecified atom stereocenters. The van der Waals surface area contributed by atoms with Gasteiger partial charge in [-0.1, -0.05) is 59.6 Å². The molecule has 0 spiro atoms. The second kappa shape index (κ2) is 9.09. The number of nitrogens with one attached hydrogen (secondary N) is 2. The molecule has 0 aliphatic heterocycles. The number of carbonyl (C=O) groups is 2. The lowest BCUT2D eigenvalue weighted by Gasteiger charge is -2.48. The molecule has 1 aliphatic rings. The molecular weight excluding hydrogens is 429 g/mol. The number of halogens is 2. The highest BCUT2D eigenvalue weighted by Gasteiger charge is 2.46. The van der Waals surface area contributed by atoms with Crippen LogP contribution in [0.25, 0.3) is 0 Å². The minimum Gasteiger partial charge on any atom is -0.351 e. The lowest BCUT2D eigenvalue weighted by molar-refractivity contribution is 0.0822. The number of aryl methyl sites for hydroxylation is 1. The van der Waals surface area contributed by atoms with Gasteiger partial charge in [-0.05, 0) is 43.5 Å². The molecule has 0 saturated heterocycles. The highest BCUT2D eigenvalue weighted by Crippen LogP contribution is 2.43. The number of rotatable bonds is 6. The number of amides is 2. The first-order valence-electron chi connectivity index (χ1n) is 10.4. The second-order valence-corrected chi connectivity index (χ2v) is 8.65. The summed E-state index contributed by atoms with van der Waals surface area (Å²) in [5, 5.41) is 5.98. The monoisotopic (exact) mass is 451 g/mol. The molecule has 2 aromatic carbocycles.